The van der Waals surface area contributed by atoms with E-state index in [1.807, 2.05) is 14.0 Å². The van der Waals surface area contributed by atoms with Crippen molar-refractivity contribution >= 4 is 23.6 Å². The molecule has 3 aliphatic heterocycles. The lowest BCUT2D eigenvalue weighted by atomic mass is 9.79. The van der Waals surface area contributed by atoms with Crippen molar-refractivity contribution in [3.63, 3.8) is 0 Å². The Labute approximate surface area is 145 Å². The third kappa shape index (κ3) is 2.65. The molecule has 0 spiro atoms. The van der Waals surface area contributed by atoms with Crippen molar-refractivity contribution in [2.45, 2.75) is 43.8 Å². The van der Waals surface area contributed by atoms with Gasteiger partial charge in [-0.25, -0.2) is 4.79 Å². The number of likely N-dealkylation sites (N-methyl/N-ethyl adjacent to an activating group) is 1. The number of carbonyl (C=O) groups is 2. The number of amides is 1. The Morgan fingerprint density at radius 2 is 2.25 bits per heavy atom. The van der Waals surface area contributed by atoms with Gasteiger partial charge < -0.3 is 25.2 Å². The van der Waals surface area contributed by atoms with Gasteiger partial charge in [0.2, 0.25) is 5.91 Å². The minimum Gasteiger partial charge on any atom is -0.477 e. The lowest BCUT2D eigenvalue weighted by Crippen LogP contribution is -2.63. The van der Waals surface area contributed by atoms with Gasteiger partial charge in [0.1, 0.15) is 5.70 Å². The van der Waals surface area contributed by atoms with Crippen LogP contribution in [0.25, 0.3) is 0 Å². The number of aliphatic hydroxyl groups excluding tert-OH is 1. The third-order valence-corrected chi connectivity index (χ3v) is 6.80. The Morgan fingerprint density at radius 3 is 2.83 bits per heavy atom. The van der Waals surface area contributed by atoms with Gasteiger partial charge in [-0.1, -0.05) is 6.92 Å². The maximum Gasteiger partial charge on any atom is 0.353 e. The van der Waals surface area contributed by atoms with Crippen LogP contribution in [0.2, 0.25) is 0 Å². The largest absolute Gasteiger partial charge is 0.477 e. The smallest absolute Gasteiger partial charge is 0.353 e. The molecule has 134 valence electrons. The SMILES string of the molecule is CNC[C@H]1OCC[C@H]1SC1=C(C(=O)O)N2C(=O)[C@H]([C@@H](C)O)[C@H]2[C@H]1C. The molecule has 2 fully saturated rings. The van der Waals surface area contributed by atoms with Crippen molar-refractivity contribution in [1.29, 1.82) is 0 Å². The fourth-order valence-corrected chi connectivity index (χ4v) is 5.52. The number of fused-ring (bicyclic) bond motifs is 1. The van der Waals surface area contributed by atoms with E-state index in [-0.39, 0.29) is 34.9 Å². The van der Waals surface area contributed by atoms with Gasteiger partial charge in [0.15, 0.2) is 0 Å². The summed E-state index contributed by atoms with van der Waals surface area (Å²) in [6, 6.07) is -0.254. The highest BCUT2D eigenvalue weighted by atomic mass is 32.2. The molecule has 0 saturated carbocycles. The van der Waals surface area contributed by atoms with Crippen LogP contribution in [0.5, 0.6) is 0 Å². The molecule has 0 aromatic rings. The molecule has 7 nitrogen and oxygen atoms in total. The molecule has 0 aromatic heterocycles. The molecular formula is C16H24N2O5S. The van der Waals surface area contributed by atoms with E-state index < -0.39 is 18.0 Å². The second-order valence-electron chi connectivity index (χ2n) is 6.68. The van der Waals surface area contributed by atoms with Crippen LogP contribution >= 0.6 is 11.8 Å². The van der Waals surface area contributed by atoms with E-state index in [0.29, 0.717) is 13.2 Å². The van der Waals surface area contributed by atoms with Crippen LogP contribution in [0, 0.1) is 11.8 Å². The van der Waals surface area contributed by atoms with Crippen molar-refractivity contribution in [2.24, 2.45) is 11.8 Å². The van der Waals surface area contributed by atoms with E-state index in [9.17, 15) is 19.8 Å². The second-order valence-corrected chi connectivity index (χ2v) is 7.96. The standard InChI is InChI=1S/C16H24N2O5S/c1-7-12-11(8(2)19)15(20)18(12)13(16(21)22)14(7)24-10-4-5-23-9(10)6-17-3/h7-12,17,19H,4-6H2,1-3H3,(H,21,22)/t7-,8-,9-,10-,11-,12-/m1/s1. The van der Waals surface area contributed by atoms with Crippen molar-refractivity contribution in [3.8, 4) is 0 Å². The Kier molecular flexibility index (Phi) is 4.92. The summed E-state index contributed by atoms with van der Waals surface area (Å²) in [5.74, 6) is -1.97. The molecule has 3 rings (SSSR count). The highest BCUT2D eigenvalue weighted by Gasteiger charge is 2.60. The second kappa shape index (κ2) is 6.67. The first-order chi connectivity index (χ1) is 11.4. The quantitative estimate of drug-likeness (QED) is 0.587. The summed E-state index contributed by atoms with van der Waals surface area (Å²) in [4.78, 5) is 26.2. The summed E-state index contributed by atoms with van der Waals surface area (Å²) in [5, 5.41) is 22.8. The maximum absolute atomic E-state index is 12.3. The molecular weight excluding hydrogens is 332 g/mol. The number of ether oxygens (including phenoxy) is 1. The van der Waals surface area contributed by atoms with E-state index in [1.165, 1.54) is 16.7 Å². The number of carboxylic acids is 1. The van der Waals surface area contributed by atoms with E-state index in [0.717, 1.165) is 11.3 Å². The Hall–Kier alpha value is -1.09. The van der Waals surface area contributed by atoms with Crippen LogP contribution in [-0.2, 0) is 14.3 Å². The number of nitrogens with zero attached hydrogens (tertiary/aromatic N) is 1. The molecule has 8 heteroatoms. The van der Waals surface area contributed by atoms with Gasteiger partial charge in [-0.2, -0.15) is 0 Å². The predicted octanol–water partition coefficient (Wildman–Crippen LogP) is 0.250. The Balaban J connectivity index is 1.86. The molecule has 0 bridgehead atoms. The first-order valence-corrected chi connectivity index (χ1v) is 9.17. The molecule has 3 aliphatic rings. The minimum atomic E-state index is -1.08. The Bertz CT molecular complexity index is 579. The lowest BCUT2D eigenvalue weighted by Gasteiger charge is -2.46. The number of β-lactam (4-membered cyclic amide) rings is 1. The number of nitrogens with one attached hydrogen (secondary N) is 1. The molecule has 1 amide bonds. The van der Waals surface area contributed by atoms with Gasteiger partial charge >= 0.3 is 5.97 Å². The molecule has 3 heterocycles. The monoisotopic (exact) mass is 356 g/mol. The number of rotatable bonds is 6. The highest BCUT2D eigenvalue weighted by Crippen LogP contribution is 2.52. The topological polar surface area (TPSA) is 99.1 Å². The predicted molar refractivity (Wildman–Crippen MR) is 89.3 cm³/mol. The van der Waals surface area contributed by atoms with Crippen molar-refractivity contribution in [1.82, 2.24) is 10.2 Å². The summed E-state index contributed by atoms with van der Waals surface area (Å²) in [5.41, 5.74) is 0.0921. The number of carboxylic acid groups (broad SMARTS) is 1. The summed E-state index contributed by atoms with van der Waals surface area (Å²) in [7, 11) is 1.86. The summed E-state index contributed by atoms with van der Waals surface area (Å²) >= 11 is 1.53. The van der Waals surface area contributed by atoms with Crippen LogP contribution in [0.15, 0.2) is 10.6 Å². The van der Waals surface area contributed by atoms with E-state index in [4.69, 9.17) is 4.74 Å². The normalized spacial score (nSPS) is 36.8. The van der Waals surface area contributed by atoms with Gasteiger partial charge in [0.05, 0.1) is 24.2 Å². The van der Waals surface area contributed by atoms with Gasteiger partial charge in [-0.05, 0) is 20.4 Å². The molecule has 0 unspecified atom stereocenters. The highest BCUT2D eigenvalue weighted by molar-refractivity contribution is 8.03. The molecule has 24 heavy (non-hydrogen) atoms. The van der Waals surface area contributed by atoms with Crippen molar-refractivity contribution in [3.05, 3.63) is 10.6 Å². The number of hydrogen-bond acceptors (Lipinski definition) is 6. The van der Waals surface area contributed by atoms with Crippen molar-refractivity contribution in [2.75, 3.05) is 20.2 Å². The average Bonchev–Trinajstić information content (AvgIpc) is 3.02. The third-order valence-electron chi connectivity index (χ3n) is 5.14. The first-order valence-electron chi connectivity index (χ1n) is 8.30. The molecule has 2 saturated heterocycles. The van der Waals surface area contributed by atoms with Crippen LogP contribution in [0.1, 0.15) is 20.3 Å². The molecule has 0 aromatic carbocycles. The number of hydrogen-bond donors (Lipinski definition) is 3. The van der Waals surface area contributed by atoms with Crippen LogP contribution < -0.4 is 5.32 Å². The zero-order valence-electron chi connectivity index (χ0n) is 14.1. The zero-order valence-corrected chi connectivity index (χ0v) is 14.9. The summed E-state index contributed by atoms with van der Waals surface area (Å²) < 4.78 is 5.72. The van der Waals surface area contributed by atoms with E-state index in [2.05, 4.69) is 5.32 Å². The van der Waals surface area contributed by atoms with Gasteiger partial charge in [-0.15, -0.1) is 11.8 Å². The van der Waals surface area contributed by atoms with Gasteiger partial charge in [0.25, 0.3) is 0 Å². The Morgan fingerprint density at radius 1 is 1.54 bits per heavy atom. The first kappa shape index (κ1) is 17.7. The average molecular weight is 356 g/mol. The fraction of sp³-hybridized carbons (Fsp3) is 0.750. The molecule has 3 N–H and O–H groups in total. The van der Waals surface area contributed by atoms with Crippen LogP contribution in [-0.4, -0.2) is 70.7 Å². The van der Waals surface area contributed by atoms with E-state index >= 15 is 0 Å². The van der Waals surface area contributed by atoms with Crippen LogP contribution in [0.4, 0.5) is 0 Å². The molecule has 0 aliphatic carbocycles. The fourth-order valence-electron chi connectivity index (χ4n) is 4.00. The zero-order chi connectivity index (χ0) is 17.6. The van der Waals surface area contributed by atoms with Gasteiger partial charge in [0, 0.05) is 29.2 Å². The number of thioether (sulfide) groups is 1. The summed E-state index contributed by atoms with van der Waals surface area (Å²) in [6.07, 6.45) is 0.122. The van der Waals surface area contributed by atoms with Crippen molar-refractivity contribution < 1.29 is 24.5 Å². The number of aliphatic carboxylic acids is 1. The van der Waals surface area contributed by atoms with E-state index in [1.54, 1.807) is 6.92 Å². The maximum atomic E-state index is 12.3. The number of carbonyl (C=O) groups excluding carboxylic acids is 1. The molecule has 0 radical (unpaired) electrons. The minimum absolute atomic E-state index is 0.0336. The van der Waals surface area contributed by atoms with Crippen LogP contribution in [0.3, 0.4) is 0 Å². The number of aliphatic hydroxyl groups is 1. The lowest BCUT2D eigenvalue weighted by molar-refractivity contribution is -0.163. The molecule has 6 atom stereocenters. The van der Waals surface area contributed by atoms with Gasteiger partial charge in [-0.3, -0.25) is 4.79 Å². The summed E-state index contributed by atoms with van der Waals surface area (Å²) in [6.45, 7) is 4.91.